The van der Waals surface area contributed by atoms with Gasteiger partial charge in [0.05, 0.1) is 0 Å². The first-order valence-electron chi connectivity index (χ1n) is 7.03. The quantitative estimate of drug-likeness (QED) is 0.877. The van der Waals surface area contributed by atoms with E-state index in [0.29, 0.717) is 10.7 Å². The lowest BCUT2D eigenvalue weighted by atomic mass is 9.75. The highest BCUT2D eigenvalue weighted by molar-refractivity contribution is 6.30. The largest absolute Gasteiger partial charge is 0.480 e. The first kappa shape index (κ1) is 15.6. The van der Waals surface area contributed by atoms with Crippen molar-refractivity contribution in [3.05, 3.63) is 29.3 Å². The molecule has 114 valence electrons. The number of carboxylic acids is 1. The Labute approximate surface area is 128 Å². The first-order valence-corrected chi connectivity index (χ1v) is 7.40. The van der Waals surface area contributed by atoms with Gasteiger partial charge >= 0.3 is 12.0 Å². The van der Waals surface area contributed by atoms with Crippen LogP contribution in [0.4, 0.5) is 10.5 Å². The standard InChI is InChI=1S/C15H19ClN2O3/c1-2-15(7-4-8-15)17-14(21)18(10-13(19)20)12-6-3-5-11(16)9-12/h3,5-6,9H,2,4,7-8,10H2,1H3,(H,17,21)(H,19,20). The van der Waals surface area contributed by atoms with E-state index >= 15 is 0 Å². The molecule has 0 radical (unpaired) electrons. The summed E-state index contributed by atoms with van der Waals surface area (Å²) in [5.74, 6) is -1.07. The Morgan fingerprint density at radius 1 is 1.43 bits per heavy atom. The van der Waals surface area contributed by atoms with E-state index in [2.05, 4.69) is 5.32 Å². The summed E-state index contributed by atoms with van der Waals surface area (Å²) in [6, 6.07) is 6.25. The molecule has 1 aromatic rings. The first-order chi connectivity index (χ1) is 9.96. The van der Waals surface area contributed by atoms with E-state index in [1.807, 2.05) is 6.92 Å². The monoisotopic (exact) mass is 310 g/mol. The van der Waals surface area contributed by atoms with Gasteiger partial charge in [-0.25, -0.2) is 4.79 Å². The second kappa shape index (κ2) is 6.35. The third-order valence-electron chi connectivity index (χ3n) is 4.02. The van der Waals surface area contributed by atoms with E-state index in [-0.39, 0.29) is 11.6 Å². The van der Waals surface area contributed by atoms with Crippen molar-refractivity contribution < 1.29 is 14.7 Å². The zero-order valence-corrected chi connectivity index (χ0v) is 12.7. The summed E-state index contributed by atoms with van der Waals surface area (Å²) >= 11 is 5.92. The zero-order chi connectivity index (χ0) is 15.5. The molecule has 0 atom stereocenters. The molecule has 0 bridgehead atoms. The molecule has 2 rings (SSSR count). The van der Waals surface area contributed by atoms with Crippen LogP contribution in [0.2, 0.25) is 5.02 Å². The van der Waals surface area contributed by atoms with Crippen molar-refractivity contribution in [1.29, 1.82) is 0 Å². The Morgan fingerprint density at radius 3 is 2.62 bits per heavy atom. The highest BCUT2D eigenvalue weighted by Gasteiger charge is 2.38. The van der Waals surface area contributed by atoms with Crippen LogP contribution in [0.3, 0.4) is 0 Å². The topological polar surface area (TPSA) is 69.6 Å². The number of aliphatic carboxylic acids is 1. The summed E-state index contributed by atoms with van der Waals surface area (Å²) in [4.78, 5) is 24.7. The lowest BCUT2D eigenvalue weighted by Crippen LogP contribution is -2.57. The SMILES string of the molecule is CCC1(NC(=O)N(CC(=O)O)c2cccc(Cl)c2)CCC1. The molecule has 5 nitrogen and oxygen atoms in total. The fourth-order valence-corrected chi connectivity index (χ4v) is 2.71. The number of benzene rings is 1. The number of anilines is 1. The van der Waals surface area contributed by atoms with Crippen molar-refractivity contribution in [2.24, 2.45) is 0 Å². The summed E-state index contributed by atoms with van der Waals surface area (Å²) in [6.45, 7) is 1.63. The number of rotatable bonds is 5. The molecule has 1 aliphatic carbocycles. The van der Waals surface area contributed by atoms with Gasteiger partial charge in [0.2, 0.25) is 0 Å². The summed E-state index contributed by atoms with van der Waals surface area (Å²) in [6.07, 6.45) is 3.80. The fourth-order valence-electron chi connectivity index (χ4n) is 2.52. The van der Waals surface area contributed by atoms with Crippen molar-refractivity contribution in [2.75, 3.05) is 11.4 Å². The van der Waals surface area contributed by atoms with E-state index in [1.54, 1.807) is 24.3 Å². The molecular weight excluding hydrogens is 292 g/mol. The molecule has 1 saturated carbocycles. The second-order valence-electron chi connectivity index (χ2n) is 5.38. The van der Waals surface area contributed by atoms with E-state index in [9.17, 15) is 9.59 Å². The number of nitrogens with one attached hydrogen (secondary N) is 1. The minimum atomic E-state index is -1.07. The van der Waals surface area contributed by atoms with Gasteiger partial charge in [-0.1, -0.05) is 24.6 Å². The minimum absolute atomic E-state index is 0.188. The van der Waals surface area contributed by atoms with E-state index in [1.165, 1.54) is 4.90 Å². The number of amides is 2. The van der Waals surface area contributed by atoms with Crippen LogP contribution in [-0.2, 0) is 4.79 Å². The Balaban J connectivity index is 2.19. The van der Waals surface area contributed by atoms with Gasteiger partial charge in [0, 0.05) is 16.2 Å². The molecule has 2 N–H and O–H groups in total. The number of halogens is 1. The summed E-state index contributed by atoms with van der Waals surface area (Å²) in [7, 11) is 0. The molecule has 2 amide bonds. The van der Waals surface area contributed by atoms with Crippen molar-refractivity contribution in [1.82, 2.24) is 5.32 Å². The van der Waals surface area contributed by atoms with Crippen LogP contribution in [0.15, 0.2) is 24.3 Å². The van der Waals surface area contributed by atoms with Crippen LogP contribution < -0.4 is 10.2 Å². The van der Waals surface area contributed by atoms with Gasteiger partial charge in [0.25, 0.3) is 0 Å². The third kappa shape index (κ3) is 3.67. The van der Waals surface area contributed by atoms with Crippen molar-refractivity contribution >= 4 is 29.3 Å². The molecule has 6 heteroatoms. The van der Waals surface area contributed by atoms with Gasteiger partial charge in [-0.15, -0.1) is 0 Å². The lowest BCUT2D eigenvalue weighted by Gasteiger charge is -2.43. The number of carbonyl (C=O) groups excluding carboxylic acids is 1. The maximum atomic E-state index is 12.5. The molecule has 0 aromatic heterocycles. The predicted molar refractivity (Wildman–Crippen MR) is 81.8 cm³/mol. The van der Waals surface area contributed by atoms with Gasteiger partial charge in [0.1, 0.15) is 6.54 Å². The van der Waals surface area contributed by atoms with Crippen LogP contribution in [0.5, 0.6) is 0 Å². The van der Waals surface area contributed by atoms with Gasteiger partial charge in [-0.05, 0) is 43.9 Å². The number of carbonyl (C=O) groups is 2. The van der Waals surface area contributed by atoms with E-state index in [4.69, 9.17) is 16.7 Å². The van der Waals surface area contributed by atoms with Crippen LogP contribution in [0.1, 0.15) is 32.6 Å². The molecular formula is C15H19ClN2O3. The van der Waals surface area contributed by atoms with Gasteiger partial charge in [0.15, 0.2) is 0 Å². The number of hydrogen-bond acceptors (Lipinski definition) is 2. The molecule has 21 heavy (non-hydrogen) atoms. The average Bonchev–Trinajstić information content (AvgIpc) is 2.39. The number of urea groups is 1. The fraction of sp³-hybridized carbons (Fsp3) is 0.467. The smallest absolute Gasteiger partial charge is 0.323 e. The Hall–Kier alpha value is -1.75. The average molecular weight is 311 g/mol. The maximum absolute atomic E-state index is 12.5. The molecule has 0 aliphatic heterocycles. The number of hydrogen-bond donors (Lipinski definition) is 2. The van der Waals surface area contributed by atoms with Gasteiger partial charge < -0.3 is 10.4 Å². The molecule has 0 spiro atoms. The highest BCUT2D eigenvalue weighted by Crippen LogP contribution is 2.35. The summed E-state index contributed by atoms with van der Waals surface area (Å²) < 4.78 is 0. The van der Waals surface area contributed by atoms with Crippen LogP contribution >= 0.6 is 11.6 Å². The zero-order valence-electron chi connectivity index (χ0n) is 11.9. The third-order valence-corrected chi connectivity index (χ3v) is 4.25. The van der Waals surface area contributed by atoms with Crippen LogP contribution in [0.25, 0.3) is 0 Å². The second-order valence-corrected chi connectivity index (χ2v) is 5.81. The molecule has 1 fully saturated rings. The van der Waals surface area contributed by atoms with Gasteiger partial charge in [-0.2, -0.15) is 0 Å². The number of carboxylic acid groups (broad SMARTS) is 1. The Bertz CT molecular complexity index is 538. The minimum Gasteiger partial charge on any atom is -0.480 e. The lowest BCUT2D eigenvalue weighted by molar-refractivity contribution is -0.135. The highest BCUT2D eigenvalue weighted by atomic mass is 35.5. The summed E-state index contributed by atoms with van der Waals surface area (Å²) in [5, 5.41) is 12.5. The van der Waals surface area contributed by atoms with E-state index < -0.39 is 12.5 Å². The van der Waals surface area contributed by atoms with Gasteiger partial charge in [-0.3, -0.25) is 9.69 Å². The summed E-state index contributed by atoms with van der Waals surface area (Å²) in [5.41, 5.74) is 0.292. The van der Waals surface area contributed by atoms with Crippen molar-refractivity contribution in [3.8, 4) is 0 Å². The molecule has 1 aliphatic rings. The molecule has 0 heterocycles. The molecule has 0 saturated heterocycles. The Morgan fingerprint density at radius 2 is 2.14 bits per heavy atom. The maximum Gasteiger partial charge on any atom is 0.323 e. The molecule has 0 unspecified atom stereocenters. The Kier molecular flexibility index (Phi) is 4.73. The van der Waals surface area contributed by atoms with Crippen molar-refractivity contribution in [2.45, 2.75) is 38.1 Å². The van der Waals surface area contributed by atoms with Crippen molar-refractivity contribution in [3.63, 3.8) is 0 Å². The predicted octanol–water partition coefficient (Wildman–Crippen LogP) is 3.27. The van der Waals surface area contributed by atoms with E-state index in [0.717, 1.165) is 25.7 Å². The van der Waals surface area contributed by atoms with Crippen LogP contribution in [0, 0.1) is 0 Å². The number of nitrogens with zero attached hydrogens (tertiary/aromatic N) is 1. The molecule has 1 aromatic carbocycles. The van der Waals surface area contributed by atoms with Crippen LogP contribution in [-0.4, -0.2) is 29.2 Å². The normalized spacial score (nSPS) is 15.9.